The van der Waals surface area contributed by atoms with Crippen LogP contribution in [0.2, 0.25) is 0 Å². The molecule has 8 heteroatoms. The molecule has 0 aliphatic carbocycles. The van der Waals surface area contributed by atoms with E-state index in [1.807, 2.05) is 24.3 Å². The first-order valence-electron chi connectivity index (χ1n) is 9.22. The molecular formula is C19H22N4O4. The first-order chi connectivity index (χ1) is 13.1. The topological polar surface area (TPSA) is 88.8 Å². The Morgan fingerprint density at radius 2 is 2.19 bits per heavy atom. The summed E-state index contributed by atoms with van der Waals surface area (Å²) in [5, 5.41) is 3.84. The lowest BCUT2D eigenvalue weighted by Crippen LogP contribution is -2.46. The number of rotatable bonds is 3. The summed E-state index contributed by atoms with van der Waals surface area (Å²) in [7, 11) is 0. The number of piperidine rings is 1. The number of hydrogen-bond acceptors (Lipinski definition) is 6. The Hall–Kier alpha value is -2.90. The highest BCUT2D eigenvalue weighted by Crippen LogP contribution is 2.31. The van der Waals surface area contributed by atoms with E-state index in [0.717, 1.165) is 12.8 Å². The fourth-order valence-corrected chi connectivity index (χ4v) is 3.61. The van der Waals surface area contributed by atoms with Gasteiger partial charge in [-0.1, -0.05) is 17.3 Å². The van der Waals surface area contributed by atoms with Crippen molar-refractivity contribution in [2.75, 3.05) is 31.1 Å². The van der Waals surface area contributed by atoms with E-state index in [9.17, 15) is 9.59 Å². The summed E-state index contributed by atoms with van der Waals surface area (Å²) in [6.07, 6.45) is 2.03. The molecule has 2 aromatic rings. The van der Waals surface area contributed by atoms with Gasteiger partial charge in [-0.05, 0) is 31.9 Å². The van der Waals surface area contributed by atoms with Gasteiger partial charge in [0.15, 0.2) is 5.82 Å². The van der Waals surface area contributed by atoms with Gasteiger partial charge >= 0.3 is 0 Å². The van der Waals surface area contributed by atoms with Crippen molar-refractivity contribution in [1.82, 2.24) is 15.0 Å². The number of aromatic nitrogens is 2. The molecule has 0 saturated carbocycles. The van der Waals surface area contributed by atoms with E-state index in [0.29, 0.717) is 42.8 Å². The maximum Gasteiger partial charge on any atom is 0.242 e. The first-order valence-corrected chi connectivity index (χ1v) is 9.22. The molecule has 2 amide bonds. The maximum absolute atomic E-state index is 12.9. The smallest absolute Gasteiger partial charge is 0.242 e. The van der Waals surface area contributed by atoms with Crippen molar-refractivity contribution in [2.45, 2.75) is 32.1 Å². The summed E-state index contributed by atoms with van der Waals surface area (Å²) in [6, 6.07) is 7.33. The molecule has 27 heavy (non-hydrogen) atoms. The Labute approximate surface area is 157 Å². The van der Waals surface area contributed by atoms with E-state index >= 15 is 0 Å². The normalized spacial score (nSPS) is 20.0. The van der Waals surface area contributed by atoms with Crippen molar-refractivity contribution in [3.05, 3.63) is 36.0 Å². The van der Waals surface area contributed by atoms with Crippen LogP contribution < -0.4 is 9.64 Å². The molecule has 1 saturated heterocycles. The van der Waals surface area contributed by atoms with Crippen LogP contribution in [0.4, 0.5) is 5.69 Å². The van der Waals surface area contributed by atoms with Gasteiger partial charge in [0.1, 0.15) is 12.3 Å². The lowest BCUT2D eigenvalue weighted by molar-refractivity contribution is -0.132. The van der Waals surface area contributed by atoms with Gasteiger partial charge in [-0.25, -0.2) is 0 Å². The van der Waals surface area contributed by atoms with Gasteiger partial charge in [0.05, 0.1) is 24.6 Å². The molecule has 1 fully saturated rings. The van der Waals surface area contributed by atoms with Crippen LogP contribution in [0, 0.1) is 6.92 Å². The molecule has 0 radical (unpaired) electrons. The van der Waals surface area contributed by atoms with Gasteiger partial charge in [-0.3, -0.25) is 14.5 Å². The first kappa shape index (κ1) is 17.5. The summed E-state index contributed by atoms with van der Waals surface area (Å²) in [6.45, 7) is 3.31. The monoisotopic (exact) mass is 370 g/mol. The van der Waals surface area contributed by atoms with Gasteiger partial charge in [0.2, 0.25) is 17.7 Å². The van der Waals surface area contributed by atoms with Gasteiger partial charge in [-0.2, -0.15) is 4.98 Å². The minimum absolute atomic E-state index is 0.00872. The highest BCUT2D eigenvalue weighted by atomic mass is 16.5. The van der Waals surface area contributed by atoms with Crippen molar-refractivity contribution in [1.29, 1.82) is 0 Å². The van der Waals surface area contributed by atoms with E-state index in [1.165, 1.54) is 4.90 Å². The van der Waals surface area contributed by atoms with Gasteiger partial charge < -0.3 is 14.2 Å². The Bertz CT molecular complexity index is 850. The van der Waals surface area contributed by atoms with Crippen LogP contribution >= 0.6 is 0 Å². The molecule has 0 spiro atoms. The third-order valence-electron chi connectivity index (χ3n) is 4.99. The standard InChI is InChI=1S/C19H22N4O4/c1-13-20-19(27-21-13)14-5-4-9-22(11-14)18(25)12-23-15-6-2-3-7-16(15)26-10-8-17(23)24/h2-3,6-7,14H,4-5,8-12H2,1H3/t14-/m0/s1. The summed E-state index contributed by atoms with van der Waals surface area (Å²) >= 11 is 0. The van der Waals surface area contributed by atoms with Crippen molar-refractivity contribution in [2.24, 2.45) is 0 Å². The highest BCUT2D eigenvalue weighted by Gasteiger charge is 2.31. The number of likely N-dealkylation sites (tertiary alicyclic amines) is 1. The fourth-order valence-electron chi connectivity index (χ4n) is 3.61. The van der Waals surface area contributed by atoms with E-state index in [-0.39, 0.29) is 30.7 Å². The minimum atomic E-state index is -0.102. The average Bonchev–Trinajstić information content (AvgIpc) is 3.06. The van der Waals surface area contributed by atoms with Crippen molar-refractivity contribution < 1.29 is 18.8 Å². The summed E-state index contributed by atoms with van der Waals surface area (Å²) in [4.78, 5) is 33.1. The second-order valence-corrected chi connectivity index (χ2v) is 6.90. The lowest BCUT2D eigenvalue weighted by atomic mass is 9.98. The molecule has 1 atom stereocenters. The number of benzene rings is 1. The molecule has 4 rings (SSSR count). The predicted octanol–water partition coefficient (Wildman–Crippen LogP) is 1.90. The SMILES string of the molecule is Cc1noc([C@H]2CCCN(C(=O)CN3C(=O)CCOc4ccccc43)C2)n1. The zero-order valence-electron chi connectivity index (χ0n) is 15.3. The number of para-hydroxylation sites is 2. The van der Waals surface area contributed by atoms with Crippen LogP contribution in [0.5, 0.6) is 5.75 Å². The summed E-state index contributed by atoms with van der Waals surface area (Å²) in [5.41, 5.74) is 0.648. The Morgan fingerprint density at radius 1 is 1.33 bits per heavy atom. The molecule has 2 aliphatic rings. The van der Waals surface area contributed by atoms with Crippen LogP contribution in [0.1, 0.15) is 36.9 Å². The second-order valence-electron chi connectivity index (χ2n) is 6.90. The maximum atomic E-state index is 12.9. The molecule has 2 aliphatic heterocycles. The minimum Gasteiger partial charge on any atom is -0.491 e. The van der Waals surface area contributed by atoms with Crippen molar-refractivity contribution in [3.8, 4) is 5.75 Å². The number of nitrogens with zero attached hydrogens (tertiary/aromatic N) is 4. The quantitative estimate of drug-likeness (QED) is 0.820. The molecule has 0 bridgehead atoms. The van der Waals surface area contributed by atoms with Crippen molar-refractivity contribution >= 4 is 17.5 Å². The van der Waals surface area contributed by atoms with Gasteiger partial charge in [0, 0.05) is 13.1 Å². The highest BCUT2D eigenvalue weighted by molar-refractivity contribution is 6.00. The summed E-state index contributed by atoms with van der Waals surface area (Å²) in [5.74, 6) is 1.67. The Kier molecular flexibility index (Phi) is 4.79. The summed E-state index contributed by atoms with van der Waals surface area (Å²) < 4.78 is 10.9. The number of carbonyl (C=O) groups is 2. The van der Waals surface area contributed by atoms with Crippen LogP contribution in [-0.4, -0.2) is 53.1 Å². The molecule has 8 nitrogen and oxygen atoms in total. The third-order valence-corrected chi connectivity index (χ3v) is 4.99. The number of hydrogen-bond donors (Lipinski definition) is 0. The number of carbonyl (C=O) groups excluding carboxylic acids is 2. The van der Waals surface area contributed by atoms with Gasteiger partial charge in [-0.15, -0.1) is 0 Å². The van der Waals surface area contributed by atoms with Crippen molar-refractivity contribution in [3.63, 3.8) is 0 Å². The van der Waals surface area contributed by atoms with E-state index in [1.54, 1.807) is 11.8 Å². The molecule has 3 heterocycles. The molecular weight excluding hydrogens is 348 g/mol. The average molecular weight is 370 g/mol. The van der Waals surface area contributed by atoms with Crippen LogP contribution in [0.25, 0.3) is 0 Å². The molecule has 1 aromatic heterocycles. The van der Waals surface area contributed by atoms with Crippen LogP contribution in [0.15, 0.2) is 28.8 Å². The van der Waals surface area contributed by atoms with Gasteiger partial charge in [0.25, 0.3) is 0 Å². The Balaban J connectivity index is 1.49. The predicted molar refractivity (Wildman–Crippen MR) is 96.5 cm³/mol. The molecule has 0 N–H and O–H groups in total. The van der Waals surface area contributed by atoms with Crippen LogP contribution in [-0.2, 0) is 9.59 Å². The van der Waals surface area contributed by atoms with Crippen LogP contribution in [0.3, 0.4) is 0 Å². The molecule has 1 aromatic carbocycles. The molecule has 0 unspecified atom stereocenters. The lowest BCUT2D eigenvalue weighted by Gasteiger charge is -2.32. The number of amides is 2. The van der Waals surface area contributed by atoms with E-state index in [4.69, 9.17) is 9.26 Å². The number of anilines is 1. The zero-order valence-corrected chi connectivity index (χ0v) is 15.3. The number of fused-ring (bicyclic) bond motifs is 1. The third kappa shape index (κ3) is 3.65. The zero-order chi connectivity index (χ0) is 18.8. The number of ether oxygens (including phenoxy) is 1. The Morgan fingerprint density at radius 3 is 3.00 bits per heavy atom. The largest absolute Gasteiger partial charge is 0.491 e. The fraction of sp³-hybridized carbons (Fsp3) is 0.474. The second kappa shape index (κ2) is 7.38. The van der Waals surface area contributed by atoms with E-state index < -0.39 is 0 Å². The molecule has 142 valence electrons. The van der Waals surface area contributed by atoms with E-state index in [2.05, 4.69) is 10.1 Å². The number of aryl methyl sites for hydroxylation is 1.